The normalized spacial score (nSPS) is 12.3. The summed E-state index contributed by atoms with van der Waals surface area (Å²) in [6.45, 7) is 8.22. The van der Waals surface area contributed by atoms with E-state index in [4.69, 9.17) is 16.5 Å². The first-order chi connectivity index (χ1) is 28.2. The monoisotopic (exact) mass is 725 g/mol. The maximum atomic E-state index is 8.22. The van der Waals surface area contributed by atoms with Gasteiger partial charge in [0.25, 0.3) is 0 Å². The van der Waals surface area contributed by atoms with E-state index in [0.717, 1.165) is 67.0 Å². The van der Waals surface area contributed by atoms with E-state index in [-0.39, 0.29) is 0 Å². The first-order valence-electron chi connectivity index (χ1n) is 19.2. The van der Waals surface area contributed by atoms with Crippen molar-refractivity contribution in [2.75, 3.05) is 0 Å². The Balaban J connectivity index is 1.08. The van der Waals surface area contributed by atoms with Crippen molar-refractivity contribution in [2.45, 2.75) is 5.41 Å². The summed E-state index contributed by atoms with van der Waals surface area (Å²) < 4.78 is 0. The van der Waals surface area contributed by atoms with Gasteiger partial charge in [-0.2, -0.15) is 0 Å². The van der Waals surface area contributed by atoms with E-state index in [0.29, 0.717) is 11.5 Å². The van der Waals surface area contributed by atoms with Crippen LogP contribution in [0.3, 0.4) is 0 Å². The van der Waals surface area contributed by atoms with Crippen molar-refractivity contribution >= 4 is 5.69 Å². The van der Waals surface area contributed by atoms with Gasteiger partial charge in [0, 0.05) is 16.7 Å². The largest absolute Gasteiger partial charge is 0.238 e. The van der Waals surface area contributed by atoms with Crippen LogP contribution in [0.2, 0.25) is 0 Å². The molecule has 1 aliphatic rings. The molecule has 0 N–H and O–H groups in total. The fraction of sp³-hybridized carbons (Fsp3) is 0.0185. The maximum Gasteiger partial charge on any atom is 0.195 e. The predicted molar refractivity (Wildman–Crippen MR) is 233 cm³/mol. The Labute approximate surface area is 333 Å². The van der Waals surface area contributed by atoms with Crippen LogP contribution in [0.1, 0.15) is 22.3 Å². The Morgan fingerprint density at radius 3 is 1.47 bits per heavy atom. The number of hydrogen-bond acceptors (Lipinski definition) is 2. The number of fused-ring (bicyclic) bond motifs is 3. The molecule has 1 heterocycles. The minimum atomic E-state index is -0.557. The minimum absolute atomic E-state index is 0.557. The fourth-order valence-electron chi connectivity index (χ4n) is 8.58. The van der Waals surface area contributed by atoms with Crippen molar-refractivity contribution in [1.82, 2.24) is 9.97 Å². The number of hydrogen-bond donors (Lipinski definition) is 0. The van der Waals surface area contributed by atoms with Crippen molar-refractivity contribution in [1.29, 1.82) is 0 Å². The molecule has 0 atom stereocenters. The Bertz CT molecular complexity index is 2890. The van der Waals surface area contributed by atoms with E-state index in [2.05, 4.69) is 181 Å². The summed E-state index contributed by atoms with van der Waals surface area (Å²) in [7, 11) is 0. The summed E-state index contributed by atoms with van der Waals surface area (Å²) in [5.41, 5.74) is 16.1. The highest BCUT2D eigenvalue weighted by atomic mass is 14.9. The zero-order chi connectivity index (χ0) is 38.2. The lowest BCUT2D eigenvalue weighted by Crippen LogP contribution is -2.28. The Morgan fingerprint density at radius 2 is 0.842 bits per heavy atom. The molecule has 0 spiro atoms. The van der Waals surface area contributed by atoms with Crippen molar-refractivity contribution in [2.24, 2.45) is 0 Å². The van der Waals surface area contributed by atoms with Gasteiger partial charge in [-0.25, -0.2) is 14.8 Å². The molecule has 0 saturated carbocycles. The van der Waals surface area contributed by atoms with Gasteiger partial charge >= 0.3 is 0 Å². The average Bonchev–Trinajstić information content (AvgIpc) is 3.61. The van der Waals surface area contributed by atoms with Crippen LogP contribution in [0, 0.1) is 6.57 Å². The standard InChI is InChI=1S/C54H35N3/c1-55-49-27-15-26-48-52(49)46-35-42(32-33-47(46)54(48,44-22-10-4-11-23-44)45-24-12-5-13-25-45)38-28-30-40(31-29-38)51-36-50(39-18-8-3-9-19-39)56-53(57-51)43-21-14-20-41(34-43)37-16-6-2-7-17-37/h2-36H. The number of benzene rings is 8. The van der Waals surface area contributed by atoms with Gasteiger partial charge in [-0.1, -0.05) is 194 Å². The smallest absolute Gasteiger partial charge is 0.195 e. The topological polar surface area (TPSA) is 30.1 Å². The average molecular weight is 726 g/mol. The molecule has 9 aromatic rings. The Morgan fingerprint density at radius 1 is 0.368 bits per heavy atom. The highest BCUT2D eigenvalue weighted by Gasteiger charge is 2.46. The molecule has 8 aromatic carbocycles. The van der Waals surface area contributed by atoms with Gasteiger partial charge in [0.1, 0.15) is 0 Å². The van der Waals surface area contributed by atoms with Crippen molar-refractivity contribution in [3.8, 4) is 67.3 Å². The van der Waals surface area contributed by atoms with Crippen LogP contribution in [-0.4, -0.2) is 9.97 Å². The van der Waals surface area contributed by atoms with Gasteiger partial charge < -0.3 is 0 Å². The van der Waals surface area contributed by atoms with Crippen LogP contribution in [0.25, 0.3) is 72.1 Å². The molecule has 0 fully saturated rings. The van der Waals surface area contributed by atoms with Crippen molar-refractivity contribution in [3.05, 3.63) is 246 Å². The third-order valence-corrected chi connectivity index (χ3v) is 11.2. The number of nitrogens with zero attached hydrogens (tertiary/aromatic N) is 3. The van der Waals surface area contributed by atoms with Gasteiger partial charge in [-0.3, -0.25) is 0 Å². The van der Waals surface area contributed by atoms with Crippen LogP contribution in [0.5, 0.6) is 0 Å². The summed E-state index contributed by atoms with van der Waals surface area (Å²) in [5.74, 6) is 0.682. The molecule has 1 aliphatic carbocycles. The summed E-state index contributed by atoms with van der Waals surface area (Å²) in [5, 5.41) is 0. The van der Waals surface area contributed by atoms with Crippen molar-refractivity contribution in [3.63, 3.8) is 0 Å². The molecule has 266 valence electrons. The summed E-state index contributed by atoms with van der Waals surface area (Å²) >= 11 is 0. The molecule has 0 amide bonds. The van der Waals surface area contributed by atoms with E-state index in [9.17, 15) is 0 Å². The Kier molecular flexibility index (Phi) is 8.43. The lowest BCUT2D eigenvalue weighted by molar-refractivity contribution is 0.769. The minimum Gasteiger partial charge on any atom is -0.238 e. The molecule has 0 unspecified atom stereocenters. The van der Waals surface area contributed by atoms with Gasteiger partial charge in [-0.15, -0.1) is 0 Å². The quantitative estimate of drug-likeness (QED) is 0.153. The molecule has 10 rings (SSSR count). The third kappa shape index (κ3) is 5.84. The molecule has 1 aromatic heterocycles. The highest BCUT2D eigenvalue weighted by Crippen LogP contribution is 2.59. The summed E-state index contributed by atoms with van der Waals surface area (Å²) in [6.07, 6.45) is 0. The molecule has 0 saturated heterocycles. The van der Waals surface area contributed by atoms with Crippen LogP contribution in [-0.2, 0) is 5.41 Å². The predicted octanol–water partition coefficient (Wildman–Crippen LogP) is 13.7. The van der Waals surface area contributed by atoms with Gasteiger partial charge in [-0.05, 0) is 73.8 Å². The van der Waals surface area contributed by atoms with Gasteiger partial charge in [0.15, 0.2) is 11.5 Å². The molecule has 3 heteroatoms. The summed E-state index contributed by atoms with van der Waals surface area (Å²) in [6, 6.07) is 74.3. The summed E-state index contributed by atoms with van der Waals surface area (Å²) in [4.78, 5) is 14.3. The second-order valence-corrected chi connectivity index (χ2v) is 14.4. The maximum absolute atomic E-state index is 8.22. The van der Waals surface area contributed by atoms with E-state index in [1.54, 1.807) is 0 Å². The van der Waals surface area contributed by atoms with Crippen LogP contribution < -0.4 is 0 Å². The first kappa shape index (κ1) is 33.9. The SMILES string of the molecule is [C-]#[N+]c1cccc2c1-c1cc(-c3ccc(-c4cc(-c5ccccc5)nc(-c5cccc(-c6ccccc6)c5)n4)cc3)ccc1C2(c1ccccc1)c1ccccc1. The molecule has 3 nitrogen and oxygen atoms in total. The van der Waals surface area contributed by atoms with E-state index >= 15 is 0 Å². The third-order valence-electron chi connectivity index (χ3n) is 11.2. The van der Waals surface area contributed by atoms with E-state index in [1.165, 1.54) is 16.7 Å². The number of aromatic nitrogens is 2. The van der Waals surface area contributed by atoms with Crippen LogP contribution >= 0.6 is 0 Å². The molecule has 0 radical (unpaired) electrons. The molecular formula is C54H35N3. The lowest BCUT2D eigenvalue weighted by Gasteiger charge is -2.34. The van der Waals surface area contributed by atoms with Crippen LogP contribution in [0.15, 0.2) is 212 Å². The molecule has 0 aliphatic heterocycles. The second-order valence-electron chi connectivity index (χ2n) is 14.4. The molecular weight excluding hydrogens is 691 g/mol. The highest BCUT2D eigenvalue weighted by molar-refractivity contribution is 5.95. The fourth-order valence-corrected chi connectivity index (χ4v) is 8.58. The first-order valence-corrected chi connectivity index (χ1v) is 19.2. The molecule has 0 bridgehead atoms. The zero-order valence-electron chi connectivity index (χ0n) is 31.0. The van der Waals surface area contributed by atoms with Gasteiger partial charge in [0.2, 0.25) is 0 Å². The van der Waals surface area contributed by atoms with Crippen LogP contribution in [0.4, 0.5) is 5.69 Å². The van der Waals surface area contributed by atoms with E-state index < -0.39 is 5.41 Å². The second kappa shape index (κ2) is 14.2. The van der Waals surface area contributed by atoms with Gasteiger partial charge in [0.05, 0.1) is 23.4 Å². The molecule has 57 heavy (non-hydrogen) atoms. The lowest BCUT2D eigenvalue weighted by atomic mass is 9.67. The Hall–Kier alpha value is -7.67. The van der Waals surface area contributed by atoms with E-state index in [1.807, 2.05) is 36.4 Å². The number of rotatable bonds is 7. The zero-order valence-corrected chi connectivity index (χ0v) is 31.0. The van der Waals surface area contributed by atoms with Crippen molar-refractivity contribution < 1.29 is 0 Å².